The molecule has 0 spiro atoms. The Bertz CT molecular complexity index is 634. The number of aromatic nitrogens is 1. The SMILES string of the molecule is CC(=O)N=c1sc2c(C)ccc(C)c2n1C. The van der Waals surface area contributed by atoms with Crippen LogP contribution in [0.15, 0.2) is 17.1 Å². The van der Waals surface area contributed by atoms with E-state index in [1.165, 1.54) is 28.3 Å². The third-order valence-corrected chi connectivity index (χ3v) is 3.87. The third-order valence-electron chi connectivity index (χ3n) is 2.60. The van der Waals surface area contributed by atoms with E-state index in [1.54, 1.807) is 11.3 Å². The summed E-state index contributed by atoms with van der Waals surface area (Å²) in [6.45, 7) is 5.63. The first-order valence-corrected chi connectivity index (χ1v) is 5.93. The Balaban J connectivity index is 2.93. The summed E-state index contributed by atoms with van der Waals surface area (Å²) in [6, 6.07) is 4.20. The quantitative estimate of drug-likeness (QED) is 0.688. The Labute approximate surface area is 98.1 Å². The fourth-order valence-corrected chi connectivity index (χ4v) is 3.01. The van der Waals surface area contributed by atoms with Crippen molar-refractivity contribution in [2.75, 3.05) is 0 Å². The molecule has 84 valence electrons. The molecular weight excluding hydrogens is 220 g/mol. The largest absolute Gasteiger partial charge is 0.319 e. The van der Waals surface area contributed by atoms with Crippen molar-refractivity contribution in [2.24, 2.45) is 12.0 Å². The fourth-order valence-electron chi connectivity index (χ4n) is 1.80. The van der Waals surface area contributed by atoms with Gasteiger partial charge in [-0.1, -0.05) is 23.5 Å². The van der Waals surface area contributed by atoms with Gasteiger partial charge in [0.1, 0.15) is 0 Å². The first-order valence-electron chi connectivity index (χ1n) is 5.11. The molecule has 1 heterocycles. The summed E-state index contributed by atoms with van der Waals surface area (Å²) >= 11 is 1.57. The highest BCUT2D eigenvalue weighted by atomic mass is 32.1. The molecule has 0 unspecified atom stereocenters. The van der Waals surface area contributed by atoms with Gasteiger partial charge in [0.2, 0.25) is 5.91 Å². The van der Waals surface area contributed by atoms with Crippen molar-refractivity contribution in [2.45, 2.75) is 20.8 Å². The monoisotopic (exact) mass is 234 g/mol. The maximum atomic E-state index is 11.0. The number of aryl methyl sites for hydroxylation is 3. The van der Waals surface area contributed by atoms with Crippen molar-refractivity contribution in [3.8, 4) is 0 Å². The minimum absolute atomic E-state index is 0.155. The number of amides is 1. The van der Waals surface area contributed by atoms with E-state index in [9.17, 15) is 4.79 Å². The molecule has 0 aliphatic carbocycles. The van der Waals surface area contributed by atoms with Gasteiger partial charge in [-0.15, -0.1) is 0 Å². The second-order valence-corrected chi connectivity index (χ2v) is 4.93. The lowest BCUT2D eigenvalue weighted by Gasteiger charge is -2.01. The van der Waals surface area contributed by atoms with Crippen LogP contribution < -0.4 is 4.80 Å². The number of hydrogen-bond acceptors (Lipinski definition) is 2. The van der Waals surface area contributed by atoms with Crippen molar-refractivity contribution < 1.29 is 4.79 Å². The van der Waals surface area contributed by atoms with Crippen molar-refractivity contribution in [3.05, 3.63) is 28.1 Å². The summed E-state index contributed by atoms with van der Waals surface area (Å²) in [4.78, 5) is 15.8. The molecule has 0 saturated heterocycles. The van der Waals surface area contributed by atoms with E-state index in [0.29, 0.717) is 0 Å². The minimum Gasteiger partial charge on any atom is -0.319 e. The Morgan fingerprint density at radius 2 is 1.94 bits per heavy atom. The zero-order chi connectivity index (χ0) is 11.9. The van der Waals surface area contributed by atoms with E-state index in [-0.39, 0.29) is 5.91 Å². The fraction of sp³-hybridized carbons (Fsp3) is 0.333. The smallest absolute Gasteiger partial charge is 0.245 e. The lowest BCUT2D eigenvalue weighted by molar-refractivity contribution is -0.116. The second kappa shape index (κ2) is 3.87. The van der Waals surface area contributed by atoms with Crippen molar-refractivity contribution in [3.63, 3.8) is 0 Å². The number of carbonyl (C=O) groups is 1. The summed E-state index contributed by atoms with van der Waals surface area (Å²) < 4.78 is 3.20. The molecule has 3 nitrogen and oxygen atoms in total. The normalized spacial score (nSPS) is 12.4. The van der Waals surface area contributed by atoms with Crippen molar-refractivity contribution >= 4 is 27.5 Å². The zero-order valence-corrected chi connectivity index (χ0v) is 10.7. The summed E-state index contributed by atoms with van der Waals surface area (Å²) in [5.41, 5.74) is 3.61. The van der Waals surface area contributed by atoms with Gasteiger partial charge in [0.05, 0.1) is 10.2 Å². The molecule has 0 radical (unpaired) electrons. The van der Waals surface area contributed by atoms with E-state index in [4.69, 9.17) is 0 Å². The number of hydrogen-bond donors (Lipinski definition) is 0. The highest BCUT2D eigenvalue weighted by Gasteiger charge is 2.08. The highest BCUT2D eigenvalue weighted by molar-refractivity contribution is 7.16. The molecule has 0 fully saturated rings. The molecule has 4 heteroatoms. The van der Waals surface area contributed by atoms with Gasteiger partial charge in [0.25, 0.3) is 0 Å². The molecule has 0 bridgehead atoms. The average Bonchev–Trinajstić information content (AvgIpc) is 2.51. The van der Waals surface area contributed by atoms with Gasteiger partial charge < -0.3 is 4.57 Å². The van der Waals surface area contributed by atoms with E-state index >= 15 is 0 Å². The van der Waals surface area contributed by atoms with Gasteiger partial charge in [0.15, 0.2) is 4.80 Å². The zero-order valence-electron chi connectivity index (χ0n) is 9.87. The molecule has 2 rings (SSSR count). The van der Waals surface area contributed by atoms with Gasteiger partial charge >= 0.3 is 0 Å². The number of nitrogens with zero attached hydrogens (tertiary/aromatic N) is 2. The van der Waals surface area contributed by atoms with Crippen LogP contribution in [0.4, 0.5) is 0 Å². The lowest BCUT2D eigenvalue weighted by Crippen LogP contribution is -2.12. The van der Waals surface area contributed by atoms with Crippen LogP contribution >= 0.6 is 11.3 Å². The Hall–Kier alpha value is -1.42. The molecule has 1 aromatic carbocycles. The number of rotatable bonds is 0. The maximum Gasteiger partial charge on any atom is 0.245 e. The number of benzene rings is 1. The Morgan fingerprint density at radius 1 is 1.31 bits per heavy atom. The van der Waals surface area contributed by atoms with Gasteiger partial charge in [-0.3, -0.25) is 4.79 Å². The summed E-state index contributed by atoms with van der Waals surface area (Å²) in [7, 11) is 1.95. The number of fused-ring (bicyclic) bond motifs is 1. The van der Waals surface area contributed by atoms with Crippen molar-refractivity contribution in [1.82, 2.24) is 4.57 Å². The molecule has 1 amide bonds. The first-order chi connectivity index (χ1) is 7.50. The van der Waals surface area contributed by atoms with E-state index in [1.807, 2.05) is 11.6 Å². The van der Waals surface area contributed by atoms with Gasteiger partial charge in [-0.25, -0.2) is 0 Å². The van der Waals surface area contributed by atoms with E-state index in [2.05, 4.69) is 31.0 Å². The molecule has 2 aromatic rings. The van der Waals surface area contributed by atoms with Crippen LogP contribution in [0.2, 0.25) is 0 Å². The molecule has 0 aliphatic rings. The molecule has 0 saturated carbocycles. The molecule has 16 heavy (non-hydrogen) atoms. The molecule has 1 aromatic heterocycles. The molecule has 0 N–H and O–H groups in total. The Kier molecular flexibility index (Phi) is 2.68. The average molecular weight is 234 g/mol. The van der Waals surface area contributed by atoms with Gasteiger partial charge in [-0.05, 0) is 25.0 Å². The standard InChI is InChI=1S/C12H14N2OS/c1-7-5-6-8(2)11-10(7)14(4)12(16-11)13-9(3)15/h5-6H,1-4H3. The van der Waals surface area contributed by atoms with Crippen LogP contribution in [0.5, 0.6) is 0 Å². The number of thiazole rings is 1. The second-order valence-electron chi connectivity index (χ2n) is 3.95. The third kappa shape index (κ3) is 1.69. The van der Waals surface area contributed by atoms with Crippen LogP contribution in [0.25, 0.3) is 10.2 Å². The van der Waals surface area contributed by atoms with Crippen LogP contribution in [0.1, 0.15) is 18.1 Å². The molecular formula is C12H14N2OS. The summed E-state index contributed by atoms with van der Waals surface area (Å²) in [6.07, 6.45) is 0. The van der Waals surface area contributed by atoms with Crippen LogP contribution in [-0.4, -0.2) is 10.5 Å². The van der Waals surface area contributed by atoms with Crippen molar-refractivity contribution in [1.29, 1.82) is 0 Å². The Morgan fingerprint density at radius 3 is 2.50 bits per heavy atom. The lowest BCUT2D eigenvalue weighted by atomic mass is 10.1. The van der Waals surface area contributed by atoms with Crippen LogP contribution in [-0.2, 0) is 11.8 Å². The van der Waals surface area contributed by atoms with E-state index < -0.39 is 0 Å². The molecule has 0 atom stereocenters. The van der Waals surface area contributed by atoms with Gasteiger partial charge in [-0.2, -0.15) is 4.99 Å². The van der Waals surface area contributed by atoms with Crippen LogP contribution in [0.3, 0.4) is 0 Å². The summed E-state index contributed by atoms with van der Waals surface area (Å²) in [5.74, 6) is -0.155. The maximum absolute atomic E-state index is 11.0. The summed E-state index contributed by atoms with van der Waals surface area (Å²) in [5, 5.41) is 0. The first kappa shape index (κ1) is 11.1. The van der Waals surface area contributed by atoms with Crippen LogP contribution in [0, 0.1) is 13.8 Å². The molecule has 0 aliphatic heterocycles. The number of carbonyl (C=O) groups excluding carboxylic acids is 1. The minimum atomic E-state index is -0.155. The topological polar surface area (TPSA) is 34.4 Å². The predicted octanol–water partition coefficient (Wildman–Crippen LogP) is 2.30. The predicted molar refractivity (Wildman–Crippen MR) is 66.5 cm³/mol. The van der Waals surface area contributed by atoms with E-state index in [0.717, 1.165) is 4.80 Å². The van der Waals surface area contributed by atoms with Gasteiger partial charge in [0, 0.05) is 14.0 Å². The highest BCUT2D eigenvalue weighted by Crippen LogP contribution is 2.23.